The Morgan fingerprint density at radius 3 is 2.54 bits per heavy atom. The molecule has 0 aliphatic heterocycles. The third-order valence-electron chi connectivity index (χ3n) is 3.84. The van der Waals surface area contributed by atoms with Gasteiger partial charge in [-0.2, -0.15) is 5.26 Å². The summed E-state index contributed by atoms with van der Waals surface area (Å²) in [5.74, 6) is 0. The van der Waals surface area contributed by atoms with Crippen molar-refractivity contribution in [2.45, 2.75) is 17.9 Å². The Kier molecular flexibility index (Phi) is 4.65. The first-order valence-electron chi connectivity index (χ1n) is 7.64. The number of hydrogen-bond acceptors (Lipinski definition) is 3. The molecule has 1 N–H and O–H groups in total. The van der Waals surface area contributed by atoms with Crippen LogP contribution in [0.2, 0.25) is 0 Å². The fraction of sp³-hybridized carbons (Fsp3) is 0.167. The van der Waals surface area contributed by atoms with E-state index in [-0.39, 0.29) is 4.90 Å². The van der Waals surface area contributed by atoms with Gasteiger partial charge in [0.15, 0.2) is 0 Å². The lowest BCUT2D eigenvalue weighted by Crippen LogP contribution is -2.25. The maximum absolute atomic E-state index is 12.2. The van der Waals surface area contributed by atoms with Crippen LogP contribution in [-0.4, -0.2) is 19.5 Å². The zero-order valence-electron chi connectivity index (χ0n) is 13.0. The number of nitrogens with one attached hydrogen (secondary N) is 1. The van der Waals surface area contributed by atoms with E-state index >= 15 is 0 Å². The lowest BCUT2D eigenvalue weighted by Gasteiger charge is -2.08. The highest BCUT2D eigenvalue weighted by Crippen LogP contribution is 2.15. The highest BCUT2D eigenvalue weighted by molar-refractivity contribution is 7.89. The number of rotatable bonds is 6. The van der Waals surface area contributed by atoms with E-state index in [2.05, 4.69) is 27.5 Å². The van der Waals surface area contributed by atoms with Gasteiger partial charge in [-0.05, 0) is 48.2 Å². The molecule has 24 heavy (non-hydrogen) atoms. The summed E-state index contributed by atoms with van der Waals surface area (Å²) in [5.41, 5.74) is 1.58. The number of fused-ring (bicyclic) bond motifs is 1. The van der Waals surface area contributed by atoms with Crippen molar-refractivity contribution in [3.05, 3.63) is 66.4 Å². The third-order valence-corrected chi connectivity index (χ3v) is 5.32. The number of nitrogens with zero attached hydrogens (tertiary/aromatic N) is 2. The van der Waals surface area contributed by atoms with Crippen molar-refractivity contribution in [1.29, 1.82) is 5.26 Å². The summed E-state index contributed by atoms with van der Waals surface area (Å²) in [4.78, 5) is 0.174. The summed E-state index contributed by atoms with van der Waals surface area (Å²) in [5, 5.41) is 9.93. The van der Waals surface area contributed by atoms with Gasteiger partial charge in [0.25, 0.3) is 0 Å². The Bertz CT molecular complexity index is 983. The van der Waals surface area contributed by atoms with Gasteiger partial charge in [-0.25, -0.2) is 13.1 Å². The lowest BCUT2D eigenvalue weighted by molar-refractivity contribution is 0.572. The summed E-state index contributed by atoms with van der Waals surface area (Å²) in [6.07, 6.45) is 2.70. The zero-order valence-corrected chi connectivity index (χ0v) is 13.8. The second-order valence-electron chi connectivity index (χ2n) is 5.46. The van der Waals surface area contributed by atoms with Gasteiger partial charge in [-0.1, -0.05) is 18.2 Å². The van der Waals surface area contributed by atoms with Gasteiger partial charge in [-0.3, -0.25) is 0 Å². The number of hydrogen-bond donors (Lipinski definition) is 1. The van der Waals surface area contributed by atoms with Crippen LogP contribution in [0.1, 0.15) is 12.0 Å². The molecule has 3 aromatic rings. The summed E-state index contributed by atoms with van der Waals surface area (Å²) in [6, 6.07) is 18.0. The molecule has 0 bridgehead atoms. The minimum atomic E-state index is -3.54. The van der Waals surface area contributed by atoms with E-state index in [0.717, 1.165) is 12.1 Å². The van der Waals surface area contributed by atoms with Crippen molar-refractivity contribution >= 4 is 20.9 Å². The first-order valence-corrected chi connectivity index (χ1v) is 9.12. The van der Waals surface area contributed by atoms with Crippen molar-refractivity contribution < 1.29 is 8.42 Å². The molecule has 0 aliphatic carbocycles. The van der Waals surface area contributed by atoms with E-state index in [1.807, 2.05) is 24.4 Å². The number of aromatic nitrogens is 1. The van der Waals surface area contributed by atoms with Crippen LogP contribution >= 0.6 is 0 Å². The maximum Gasteiger partial charge on any atom is 0.240 e. The molecule has 5 nitrogen and oxygen atoms in total. The number of sulfonamides is 1. The molecule has 1 aromatic heterocycles. The minimum Gasteiger partial charge on any atom is -0.347 e. The number of benzene rings is 2. The van der Waals surface area contributed by atoms with Crippen LogP contribution in [0.15, 0.2) is 65.7 Å². The van der Waals surface area contributed by atoms with Crippen LogP contribution in [0.3, 0.4) is 0 Å². The van der Waals surface area contributed by atoms with Gasteiger partial charge in [0.2, 0.25) is 10.0 Å². The van der Waals surface area contributed by atoms with Crippen LogP contribution < -0.4 is 4.72 Å². The van der Waals surface area contributed by atoms with E-state index in [9.17, 15) is 8.42 Å². The summed E-state index contributed by atoms with van der Waals surface area (Å²) < 4.78 is 29.1. The van der Waals surface area contributed by atoms with Gasteiger partial charge >= 0.3 is 0 Å². The largest absolute Gasteiger partial charge is 0.347 e. The van der Waals surface area contributed by atoms with Gasteiger partial charge in [0, 0.05) is 24.8 Å². The lowest BCUT2D eigenvalue weighted by atomic mass is 10.2. The second-order valence-corrected chi connectivity index (χ2v) is 7.22. The summed E-state index contributed by atoms with van der Waals surface area (Å²) in [6.45, 7) is 1.10. The third kappa shape index (κ3) is 3.48. The molecular formula is C18H17N3O2S. The van der Waals surface area contributed by atoms with E-state index in [4.69, 9.17) is 5.26 Å². The Labute approximate surface area is 141 Å². The highest BCUT2D eigenvalue weighted by atomic mass is 32.2. The quantitative estimate of drug-likeness (QED) is 0.702. The highest BCUT2D eigenvalue weighted by Gasteiger charge is 2.13. The van der Waals surface area contributed by atoms with Gasteiger partial charge in [0.05, 0.1) is 16.5 Å². The predicted octanol–water partition coefficient (Wildman–Crippen LogP) is 2.88. The van der Waals surface area contributed by atoms with E-state index in [1.165, 1.54) is 29.7 Å². The van der Waals surface area contributed by atoms with Crippen molar-refractivity contribution in [1.82, 2.24) is 9.29 Å². The Morgan fingerprint density at radius 1 is 1.04 bits per heavy atom. The van der Waals surface area contributed by atoms with Crippen LogP contribution in [0.5, 0.6) is 0 Å². The molecule has 0 amide bonds. The normalized spacial score (nSPS) is 11.5. The van der Waals surface area contributed by atoms with Gasteiger partial charge in [0.1, 0.15) is 0 Å². The number of nitriles is 1. The van der Waals surface area contributed by atoms with Crippen LogP contribution in [0, 0.1) is 11.3 Å². The number of aryl methyl sites for hydroxylation is 1. The zero-order chi connectivity index (χ0) is 17.0. The first-order chi connectivity index (χ1) is 11.6. The first kappa shape index (κ1) is 16.2. The molecule has 6 heteroatoms. The van der Waals surface area contributed by atoms with Gasteiger partial charge < -0.3 is 4.57 Å². The maximum atomic E-state index is 12.2. The standard InChI is InChI=1S/C18H17N3O2S/c19-14-15-6-8-17(9-7-15)24(22,23)20-11-3-12-21-13-10-16-4-1-2-5-18(16)21/h1-2,4-10,13,20H,3,11-12H2. The molecule has 3 rings (SSSR count). The van der Waals surface area contributed by atoms with Crippen molar-refractivity contribution in [3.8, 4) is 6.07 Å². The smallest absolute Gasteiger partial charge is 0.240 e. The molecule has 0 fully saturated rings. The molecule has 122 valence electrons. The van der Waals surface area contributed by atoms with E-state index < -0.39 is 10.0 Å². The van der Waals surface area contributed by atoms with Gasteiger partial charge in [-0.15, -0.1) is 0 Å². The Hall–Kier alpha value is -2.62. The van der Waals surface area contributed by atoms with E-state index in [1.54, 1.807) is 0 Å². The van der Waals surface area contributed by atoms with Crippen molar-refractivity contribution in [2.75, 3.05) is 6.54 Å². The summed E-state index contributed by atoms with van der Waals surface area (Å²) in [7, 11) is -3.54. The topological polar surface area (TPSA) is 74.9 Å². The molecule has 0 saturated carbocycles. The monoisotopic (exact) mass is 339 g/mol. The van der Waals surface area contributed by atoms with Crippen molar-refractivity contribution in [3.63, 3.8) is 0 Å². The Morgan fingerprint density at radius 2 is 1.79 bits per heavy atom. The average Bonchev–Trinajstić information content (AvgIpc) is 3.02. The molecular weight excluding hydrogens is 322 g/mol. The van der Waals surface area contributed by atoms with Crippen molar-refractivity contribution in [2.24, 2.45) is 0 Å². The second kappa shape index (κ2) is 6.87. The molecule has 2 aromatic carbocycles. The molecule has 1 heterocycles. The molecule has 0 unspecified atom stereocenters. The molecule has 0 aliphatic rings. The SMILES string of the molecule is N#Cc1ccc(S(=O)(=O)NCCCn2ccc3ccccc32)cc1. The van der Waals surface area contributed by atoms with Crippen LogP contribution in [-0.2, 0) is 16.6 Å². The average molecular weight is 339 g/mol. The van der Waals surface area contributed by atoms with Crippen LogP contribution in [0.25, 0.3) is 10.9 Å². The van der Waals surface area contributed by atoms with E-state index in [0.29, 0.717) is 18.5 Å². The Balaban J connectivity index is 1.58. The molecule has 0 spiro atoms. The fourth-order valence-electron chi connectivity index (χ4n) is 2.58. The molecule has 0 saturated heterocycles. The molecule has 0 radical (unpaired) electrons. The predicted molar refractivity (Wildman–Crippen MR) is 92.9 cm³/mol. The molecule has 0 atom stereocenters. The number of para-hydroxylation sites is 1. The fourth-order valence-corrected chi connectivity index (χ4v) is 3.66. The van der Waals surface area contributed by atoms with Crippen LogP contribution in [0.4, 0.5) is 0 Å². The summed E-state index contributed by atoms with van der Waals surface area (Å²) >= 11 is 0. The minimum absolute atomic E-state index is 0.174.